The number of halogens is 12. The average Bonchev–Trinajstić information content (AvgIpc) is 1.00. The Morgan fingerprint density at radius 3 is 1.36 bits per heavy atom. The lowest BCUT2D eigenvalue weighted by Crippen LogP contribution is -2.64. The van der Waals surface area contributed by atoms with Gasteiger partial charge in [0.15, 0.2) is 0 Å². The number of aromatic amines is 2. The van der Waals surface area contributed by atoms with Crippen LogP contribution < -0.4 is 16.7 Å². The Labute approximate surface area is 520 Å². The number of piperidine rings is 2. The van der Waals surface area contributed by atoms with Crippen LogP contribution in [0.5, 0.6) is 0 Å². The number of alkyl halides is 12. The summed E-state index contributed by atoms with van der Waals surface area (Å²) in [7, 11) is 0. The van der Waals surface area contributed by atoms with Crippen LogP contribution in [0.2, 0.25) is 0 Å². The Balaban J connectivity index is 0.000000242. The maximum absolute atomic E-state index is 14.3. The second-order valence-electron chi connectivity index (χ2n) is 24.9. The molecule has 92 heavy (non-hydrogen) atoms. The highest BCUT2D eigenvalue weighted by atomic mass is 19.4. The Morgan fingerprint density at radius 2 is 0.957 bits per heavy atom. The zero-order chi connectivity index (χ0) is 67.5. The lowest BCUT2D eigenvalue weighted by Gasteiger charge is -2.54. The SMILES string of the molecule is C[C@@H](OC[C@@]1(c2ccccc2)CC[C@](CC(C)(C)O)(n2cn[nH]c2=O)CN1)c1cc(C(F)(F)F)cc(C(F)(F)F)c1.C[C@@H](OC[C@@]1(c2ccccc2)CC[C@](CC(C)(C)O)(n2cn[nH]c2=O)CN1C(=O)OCc1ccccc1)c1cc(C(F)(F)F)cc(C(F)(F)F)c1. The number of benzene rings is 5. The van der Waals surface area contributed by atoms with Crippen molar-refractivity contribution in [1.82, 2.24) is 39.7 Å². The number of hydrogen-bond acceptors (Lipinski definition) is 11. The lowest BCUT2D eigenvalue weighted by atomic mass is 9.71. The van der Waals surface area contributed by atoms with E-state index in [1.54, 1.807) is 88.4 Å². The molecule has 0 unspecified atom stereocenters. The van der Waals surface area contributed by atoms with Crippen LogP contribution in [-0.2, 0) is 67.7 Å². The van der Waals surface area contributed by atoms with Gasteiger partial charge in [0.05, 0.1) is 81.0 Å². The number of H-pyrrole nitrogens is 2. The fourth-order valence-electron chi connectivity index (χ4n) is 12.4. The highest BCUT2D eigenvalue weighted by Gasteiger charge is 2.55. The van der Waals surface area contributed by atoms with Crippen LogP contribution in [0, 0.1) is 0 Å². The molecule has 5 N–H and O–H groups in total. The van der Waals surface area contributed by atoms with Gasteiger partial charge in [-0.2, -0.15) is 62.9 Å². The molecule has 4 heterocycles. The molecule has 2 aromatic heterocycles. The first-order valence-electron chi connectivity index (χ1n) is 29.1. The van der Waals surface area contributed by atoms with E-state index in [4.69, 9.17) is 14.2 Å². The molecule has 1 amide bonds. The Bertz CT molecular complexity index is 3660. The van der Waals surface area contributed by atoms with Gasteiger partial charge in [-0.3, -0.25) is 14.0 Å². The van der Waals surface area contributed by atoms with E-state index in [1.807, 2.05) is 30.3 Å². The molecule has 6 atom stereocenters. The van der Waals surface area contributed by atoms with Crippen molar-refractivity contribution in [3.63, 3.8) is 0 Å². The van der Waals surface area contributed by atoms with E-state index >= 15 is 0 Å². The second kappa shape index (κ2) is 26.7. The molecule has 2 aliphatic rings. The quantitative estimate of drug-likeness (QED) is 0.0512. The Kier molecular flexibility index (Phi) is 20.3. The van der Waals surface area contributed by atoms with Crippen molar-refractivity contribution in [1.29, 1.82) is 0 Å². The van der Waals surface area contributed by atoms with Crippen LogP contribution in [0.15, 0.2) is 150 Å². The first-order valence-corrected chi connectivity index (χ1v) is 29.1. The van der Waals surface area contributed by atoms with Crippen molar-refractivity contribution in [2.75, 3.05) is 26.3 Å². The topological polar surface area (TPSA) is 202 Å². The number of carbonyl (C=O) groups is 1. The average molecular weight is 1310 g/mol. The second-order valence-corrected chi connectivity index (χ2v) is 24.9. The summed E-state index contributed by atoms with van der Waals surface area (Å²) >= 11 is 0. The van der Waals surface area contributed by atoms with Gasteiger partial charge in [-0.25, -0.2) is 24.6 Å². The van der Waals surface area contributed by atoms with Crippen molar-refractivity contribution < 1.29 is 81.9 Å². The molecular weight excluding hydrogens is 1240 g/mol. The summed E-state index contributed by atoms with van der Waals surface area (Å²) in [5.74, 6) is 0. The third-order valence-corrected chi connectivity index (χ3v) is 16.8. The molecular formula is C64H70F12N8O8. The molecule has 7 aromatic rings. The summed E-state index contributed by atoms with van der Waals surface area (Å²) in [6.45, 7) is 8.51. The molecule has 0 aliphatic carbocycles. The van der Waals surface area contributed by atoms with Crippen molar-refractivity contribution in [2.24, 2.45) is 0 Å². The van der Waals surface area contributed by atoms with Gasteiger partial charge >= 0.3 is 42.2 Å². The summed E-state index contributed by atoms with van der Waals surface area (Å²) in [5.41, 5.74) is -12.3. The highest BCUT2D eigenvalue weighted by molar-refractivity contribution is 5.70. The van der Waals surface area contributed by atoms with Gasteiger partial charge in [0, 0.05) is 25.9 Å². The molecule has 5 aromatic carbocycles. The fraction of sp³-hybridized carbons (Fsp3) is 0.453. The number of nitrogens with zero attached hydrogens (tertiary/aromatic N) is 5. The predicted octanol–water partition coefficient (Wildman–Crippen LogP) is 13.1. The first kappa shape index (κ1) is 70.1. The van der Waals surface area contributed by atoms with E-state index in [-0.39, 0.29) is 81.9 Å². The number of aromatic nitrogens is 6. The highest BCUT2D eigenvalue weighted by Crippen LogP contribution is 2.49. The number of ether oxygens (including phenoxy) is 3. The van der Waals surface area contributed by atoms with Crippen molar-refractivity contribution in [3.8, 4) is 0 Å². The Morgan fingerprint density at radius 1 is 0.554 bits per heavy atom. The monoisotopic (exact) mass is 1310 g/mol. The minimum absolute atomic E-state index is 0.00547. The molecule has 28 heteroatoms. The summed E-state index contributed by atoms with van der Waals surface area (Å²) in [4.78, 5) is 41.3. The lowest BCUT2D eigenvalue weighted by molar-refractivity contribution is -0.145. The van der Waals surface area contributed by atoms with Gasteiger partial charge < -0.3 is 29.7 Å². The van der Waals surface area contributed by atoms with Gasteiger partial charge in [-0.05, 0) is 131 Å². The van der Waals surface area contributed by atoms with E-state index < -0.39 is 110 Å². The van der Waals surface area contributed by atoms with Crippen LogP contribution >= 0.6 is 0 Å². The molecule has 0 saturated carbocycles. The number of carbonyl (C=O) groups excluding carboxylic acids is 1. The largest absolute Gasteiger partial charge is 0.445 e. The maximum Gasteiger partial charge on any atom is 0.416 e. The van der Waals surface area contributed by atoms with Gasteiger partial charge in [0.2, 0.25) is 0 Å². The van der Waals surface area contributed by atoms with Crippen LogP contribution in [0.3, 0.4) is 0 Å². The Hall–Kier alpha value is -7.79. The van der Waals surface area contributed by atoms with E-state index in [0.717, 1.165) is 5.56 Å². The molecule has 16 nitrogen and oxygen atoms in total. The summed E-state index contributed by atoms with van der Waals surface area (Å²) in [6.07, 6.45) is -19.4. The van der Waals surface area contributed by atoms with Gasteiger partial charge in [-0.1, -0.05) is 91.0 Å². The standard InChI is InChI=1S/C36H38F6N4O5.C28H32F6N4O3/c1-24(26-16-28(35(37,38)39)18-29(17-26)36(40,41)42)51-22-34(27-12-8-5-9-13-27)15-14-33(20-32(2,3)49,46-23-43-44-30(46)47)21-45(34)31(48)50-19-25-10-6-4-7-11-25;1-18(19-11-21(27(29,30)31)13-22(12-19)28(32,33)34)41-16-26(20-7-5-4-6-8-20)10-9-25(15-35-26,14-24(2,3)40)38-17-36-37-23(38)39/h4-13,16-18,23-24,49H,14-15,19-22H2,1-3H3,(H,44,47);4-8,11-13,17-18,35,40H,9-10,14-16H2,1-3H3,(H,37,39)/t24-,33-,34-;18-,25-,26-/m11/s1. The van der Waals surface area contributed by atoms with E-state index in [1.165, 1.54) is 40.5 Å². The zero-order valence-electron chi connectivity index (χ0n) is 50.8. The van der Waals surface area contributed by atoms with E-state index in [9.17, 15) is 77.3 Å². The molecule has 2 fully saturated rings. The molecule has 2 aliphatic heterocycles. The van der Waals surface area contributed by atoms with Gasteiger partial charge in [0.1, 0.15) is 19.3 Å². The number of amides is 1. The molecule has 0 bridgehead atoms. The molecule has 9 rings (SSSR count). The van der Waals surface area contributed by atoms with Crippen LogP contribution in [-0.4, -0.2) is 88.2 Å². The fourth-order valence-corrected chi connectivity index (χ4v) is 12.4. The van der Waals surface area contributed by atoms with Gasteiger partial charge in [-0.15, -0.1) is 0 Å². The summed E-state index contributed by atoms with van der Waals surface area (Å²) in [5, 5.41) is 37.6. The van der Waals surface area contributed by atoms with Crippen LogP contribution in [0.1, 0.15) is 142 Å². The van der Waals surface area contributed by atoms with E-state index in [2.05, 4.69) is 25.7 Å². The van der Waals surface area contributed by atoms with Gasteiger partial charge in [0.25, 0.3) is 0 Å². The number of rotatable bonds is 18. The van der Waals surface area contributed by atoms with Crippen LogP contribution in [0.25, 0.3) is 0 Å². The van der Waals surface area contributed by atoms with Crippen LogP contribution in [0.4, 0.5) is 57.5 Å². The predicted molar refractivity (Wildman–Crippen MR) is 311 cm³/mol. The minimum atomic E-state index is -5.06. The number of nitrogens with one attached hydrogen (secondary N) is 3. The third kappa shape index (κ3) is 16.5. The first-order chi connectivity index (χ1) is 42.8. The molecule has 2 saturated heterocycles. The minimum Gasteiger partial charge on any atom is -0.445 e. The van der Waals surface area contributed by atoms with Crippen molar-refractivity contribution in [3.05, 3.63) is 211 Å². The van der Waals surface area contributed by atoms with Crippen molar-refractivity contribution >= 4 is 6.09 Å². The summed E-state index contributed by atoms with van der Waals surface area (Å²) < 4.78 is 184. The number of likely N-dealkylation sites (tertiary alicyclic amines) is 1. The van der Waals surface area contributed by atoms with E-state index in [0.29, 0.717) is 48.2 Å². The third-order valence-electron chi connectivity index (χ3n) is 16.8. The normalized spacial score (nSPS) is 21.7. The number of hydrogen-bond donors (Lipinski definition) is 5. The maximum atomic E-state index is 14.3. The zero-order valence-corrected chi connectivity index (χ0v) is 50.8. The number of aliphatic hydroxyl groups is 2. The summed E-state index contributed by atoms with van der Waals surface area (Å²) in [6, 6.07) is 29.3. The smallest absolute Gasteiger partial charge is 0.416 e. The molecule has 498 valence electrons. The van der Waals surface area contributed by atoms with Crippen molar-refractivity contribution in [2.45, 2.75) is 157 Å². The molecule has 0 radical (unpaired) electrons. The molecule has 0 spiro atoms.